The molecule has 0 aromatic carbocycles. The SMILES string of the molecule is C/C(=C\C(C)N(C)C(=O)C(NC(=O)C1CCCCN1C(C)C)C(C)(C)C)C(=O)N1CCCC1. The molecule has 0 spiro atoms. The first-order valence-corrected chi connectivity index (χ1v) is 12.6. The summed E-state index contributed by atoms with van der Waals surface area (Å²) in [6, 6.07) is -0.808. The number of likely N-dealkylation sites (N-methyl/N-ethyl adjacent to an activating group) is 1. The fourth-order valence-corrected chi connectivity index (χ4v) is 4.86. The zero-order chi connectivity index (χ0) is 24.9. The number of nitrogens with zero attached hydrogens (tertiary/aromatic N) is 3. The van der Waals surface area contributed by atoms with Crippen molar-refractivity contribution in [2.45, 2.75) is 105 Å². The van der Waals surface area contributed by atoms with Gasteiger partial charge >= 0.3 is 0 Å². The van der Waals surface area contributed by atoms with Crippen molar-refractivity contribution >= 4 is 17.7 Å². The third kappa shape index (κ3) is 7.05. The van der Waals surface area contributed by atoms with Crippen LogP contribution in [-0.2, 0) is 14.4 Å². The molecule has 0 radical (unpaired) electrons. The molecular formula is C26H46N4O3. The molecule has 0 bridgehead atoms. The lowest BCUT2D eigenvalue weighted by Crippen LogP contribution is -2.60. The molecular weight excluding hydrogens is 416 g/mol. The second kappa shape index (κ2) is 11.5. The Bertz CT molecular complexity index is 734. The Morgan fingerprint density at radius 2 is 1.58 bits per heavy atom. The van der Waals surface area contributed by atoms with Crippen molar-refractivity contribution in [3.05, 3.63) is 11.6 Å². The summed E-state index contributed by atoms with van der Waals surface area (Å²) in [6.45, 7) is 16.4. The Morgan fingerprint density at radius 3 is 2.12 bits per heavy atom. The van der Waals surface area contributed by atoms with E-state index in [1.54, 1.807) is 11.9 Å². The zero-order valence-corrected chi connectivity index (χ0v) is 22.1. The highest BCUT2D eigenvalue weighted by atomic mass is 16.2. The van der Waals surface area contributed by atoms with E-state index in [1.807, 2.05) is 45.6 Å². The standard InChI is InChI=1S/C26H46N4O3/c1-18(2)30-16-10-9-13-21(30)23(31)27-22(26(5,6)7)25(33)28(8)20(4)17-19(3)24(32)29-14-11-12-15-29/h17-18,20-22H,9-16H2,1-8H3,(H,27,31)/b19-17+. The maximum atomic E-state index is 13.5. The van der Waals surface area contributed by atoms with Crippen LogP contribution in [0.2, 0.25) is 0 Å². The lowest BCUT2D eigenvalue weighted by atomic mass is 9.85. The van der Waals surface area contributed by atoms with Crippen LogP contribution in [0.3, 0.4) is 0 Å². The van der Waals surface area contributed by atoms with Gasteiger partial charge in [-0.05, 0) is 65.3 Å². The summed E-state index contributed by atoms with van der Waals surface area (Å²) in [6.07, 6.45) is 6.92. The summed E-state index contributed by atoms with van der Waals surface area (Å²) in [5, 5.41) is 3.10. The zero-order valence-electron chi connectivity index (χ0n) is 22.1. The van der Waals surface area contributed by atoms with Gasteiger partial charge in [0.1, 0.15) is 6.04 Å². The van der Waals surface area contributed by atoms with E-state index in [0.29, 0.717) is 5.57 Å². The average Bonchev–Trinajstić information content (AvgIpc) is 3.29. The van der Waals surface area contributed by atoms with E-state index in [2.05, 4.69) is 24.1 Å². The lowest BCUT2D eigenvalue weighted by Gasteiger charge is -2.40. The summed E-state index contributed by atoms with van der Waals surface area (Å²) in [7, 11) is 1.75. The highest BCUT2D eigenvalue weighted by molar-refractivity contribution is 5.93. The number of nitrogens with one attached hydrogen (secondary N) is 1. The highest BCUT2D eigenvalue weighted by Gasteiger charge is 2.39. The Kier molecular flexibility index (Phi) is 9.53. The predicted molar refractivity (Wildman–Crippen MR) is 133 cm³/mol. The second-order valence-corrected chi connectivity index (χ2v) is 11.2. The third-order valence-electron chi connectivity index (χ3n) is 7.09. The van der Waals surface area contributed by atoms with Crippen molar-refractivity contribution in [1.82, 2.24) is 20.0 Å². The van der Waals surface area contributed by atoms with Crippen molar-refractivity contribution in [1.29, 1.82) is 0 Å². The van der Waals surface area contributed by atoms with Crippen molar-refractivity contribution in [2.75, 3.05) is 26.7 Å². The van der Waals surface area contributed by atoms with Gasteiger partial charge in [0.15, 0.2) is 0 Å². The number of hydrogen-bond acceptors (Lipinski definition) is 4. The minimum atomic E-state index is -0.642. The number of amides is 3. The van der Waals surface area contributed by atoms with Crippen LogP contribution in [0, 0.1) is 5.41 Å². The number of hydrogen-bond donors (Lipinski definition) is 1. The Labute approximate surface area is 200 Å². The van der Waals surface area contributed by atoms with Gasteiger partial charge in [-0.2, -0.15) is 0 Å². The number of piperidine rings is 1. The fourth-order valence-electron chi connectivity index (χ4n) is 4.86. The van der Waals surface area contributed by atoms with Crippen LogP contribution in [0.4, 0.5) is 0 Å². The molecule has 2 heterocycles. The van der Waals surface area contributed by atoms with Gasteiger partial charge in [-0.1, -0.05) is 33.3 Å². The van der Waals surface area contributed by atoms with Gasteiger partial charge in [0.25, 0.3) is 0 Å². The van der Waals surface area contributed by atoms with Crippen LogP contribution in [0.5, 0.6) is 0 Å². The van der Waals surface area contributed by atoms with E-state index in [9.17, 15) is 14.4 Å². The van der Waals surface area contributed by atoms with Crippen LogP contribution >= 0.6 is 0 Å². The molecule has 2 fully saturated rings. The molecule has 7 heteroatoms. The van der Waals surface area contributed by atoms with E-state index in [0.717, 1.165) is 51.7 Å². The van der Waals surface area contributed by atoms with Crippen LogP contribution in [0.25, 0.3) is 0 Å². The van der Waals surface area contributed by atoms with Gasteiger partial charge < -0.3 is 15.1 Å². The van der Waals surface area contributed by atoms with Gasteiger partial charge in [0.2, 0.25) is 17.7 Å². The molecule has 2 aliphatic heterocycles. The summed E-state index contributed by atoms with van der Waals surface area (Å²) in [5.41, 5.74) is 0.220. The van der Waals surface area contributed by atoms with E-state index in [1.165, 1.54) is 0 Å². The van der Waals surface area contributed by atoms with Crippen molar-refractivity contribution in [3.8, 4) is 0 Å². The van der Waals surface area contributed by atoms with Crippen LogP contribution in [0.15, 0.2) is 11.6 Å². The van der Waals surface area contributed by atoms with Gasteiger partial charge in [-0.15, -0.1) is 0 Å². The van der Waals surface area contributed by atoms with E-state index in [4.69, 9.17) is 0 Å². The number of carbonyl (C=O) groups excluding carboxylic acids is 3. The third-order valence-corrected chi connectivity index (χ3v) is 7.09. The van der Waals surface area contributed by atoms with Crippen LogP contribution in [-0.4, -0.2) is 83.3 Å². The average molecular weight is 463 g/mol. The first-order valence-electron chi connectivity index (χ1n) is 12.6. The Hall–Kier alpha value is -1.89. The molecule has 0 aromatic heterocycles. The van der Waals surface area contributed by atoms with E-state index in [-0.39, 0.29) is 35.8 Å². The highest BCUT2D eigenvalue weighted by Crippen LogP contribution is 2.25. The minimum Gasteiger partial charge on any atom is -0.342 e. The monoisotopic (exact) mass is 462 g/mol. The second-order valence-electron chi connectivity index (χ2n) is 11.2. The summed E-state index contributed by atoms with van der Waals surface area (Å²) in [4.78, 5) is 45.3. The summed E-state index contributed by atoms with van der Waals surface area (Å²) >= 11 is 0. The maximum Gasteiger partial charge on any atom is 0.249 e. The number of carbonyl (C=O) groups is 3. The molecule has 2 aliphatic rings. The molecule has 7 nitrogen and oxygen atoms in total. The van der Waals surface area contributed by atoms with Crippen LogP contribution < -0.4 is 5.32 Å². The molecule has 0 saturated carbocycles. The maximum absolute atomic E-state index is 13.5. The number of rotatable bonds is 7. The van der Waals surface area contributed by atoms with Crippen LogP contribution in [0.1, 0.15) is 80.6 Å². The van der Waals surface area contributed by atoms with Crippen molar-refractivity contribution in [2.24, 2.45) is 5.41 Å². The summed E-state index contributed by atoms with van der Waals surface area (Å²) in [5.74, 6) is -0.145. The predicted octanol–water partition coefficient (Wildman–Crippen LogP) is 3.20. The van der Waals surface area contributed by atoms with Crippen molar-refractivity contribution < 1.29 is 14.4 Å². The van der Waals surface area contributed by atoms with Gasteiger partial charge in [0.05, 0.1) is 6.04 Å². The molecule has 1 N–H and O–H groups in total. The number of likely N-dealkylation sites (tertiary alicyclic amines) is 2. The fraction of sp³-hybridized carbons (Fsp3) is 0.808. The molecule has 0 aromatic rings. The summed E-state index contributed by atoms with van der Waals surface area (Å²) < 4.78 is 0. The quantitative estimate of drug-likeness (QED) is 0.590. The molecule has 2 rings (SSSR count). The Balaban J connectivity index is 2.13. The molecule has 3 amide bonds. The first-order chi connectivity index (χ1) is 15.3. The molecule has 188 valence electrons. The van der Waals surface area contributed by atoms with E-state index < -0.39 is 11.5 Å². The molecule has 3 atom stereocenters. The van der Waals surface area contributed by atoms with Gasteiger partial charge in [-0.25, -0.2) is 0 Å². The molecule has 33 heavy (non-hydrogen) atoms. The molecule has 2 saturated heterocycles. The van der Waals surface area contributed by atoms with E-state index >= 15 is 0 Å². The molecule has 0 aliphatic carbocycles. The lowest BCUT2D eigenvalue weighted by molar-refractivity contribution is -0.141. The first kappa shape index (κ1) is 27.4. The Morgan fingerprint density at radius 1 is 1.00 bits per heavy atom. The topological polar surface area (TPSA) is 73.0 Å². The van der Waals surface area contributed by atoms with Crippen molar-refractivity contribution in [3.63, 3.8) is 0 Å². The smallest absolute Gasteiger partial charge is 0.249 e. The molecule has 3 unspecified atom stereocenters. The largest absolute Gasteiger partial charge is 0.342 e. The van der Waals surface area contributed by atoms with Gasteiger partial charge in [-0.3, -0.25) is 19.3 Å². The normalized spacial score (nSPS) is 22.3. The minimum absolute atomic E-state index is 0.0481. The van der Waals surface area contributed by atoms with Gasteiger partial charge in [0, 0.05) is 37.8 Å².